The van der Waals surface area contributed by atoms with E-state index in [1.54, 1.807) is 33.9 Å². The molecule has 1 unspecified atom stereocenters. The number of urea groups is 1. The molecule has 0 bridgehead atoms. The van der Waals surface area contributed by atoms with Crippen LogP contribution in [-0.4, -0.2) is 88.7 Å². The zero-order chi connectivity index (χ0) is 36.7. The van der Waals surface area contributed by atoms with Crippen molar-refractivity contribution in [2.24, 2.45) is 17.0 Å². The first-order chi connectivity index (χ1) is 24.3. The SMILES string of the molecule is CC(CN=[N+]=[N-])NC(=O)N(C[C@@H]1CN(C(=O)OC(C)(C)C)C[C@@H]1F)[C@@H](c1nc(-c2cc(F)ccc2F)cn1Cc1ccccc1)C1CCOCC1. The maximum atomic E-state index is 15.9. The molecule has 2 aliphatic heterocycles. The first-order valence-electron chi connectivity index (χ1n) is 17.2. The summed E-state index contributed by atoms with van der Waals surface area (Å²) < 4.78 is 58.6. The minimum Gasteiger partial charge on any atom is -0.444 e. The number of rotatable bonds is 11. The Morgan fingerprint density at radius 1 is 1.16 bits per heavy atom. The van der Waals surface area contributed by atoms with Crippen molar-refractivity contribution in [1.29, 1.82) is 0 Å². The average molecular weight is 711 g/mol. The maximum Gasteiger partial charge on any atom is 0.410 e. The van der Waals surface area contributed by atoms with Gasteiger partial charge in [-0.2, -0.15) is 0 Å². The molecule has 274 valence electrons. The number of carbonyl (C=O) groups excluding carboxylic acids is 2. The molecule has 5 rings (SSSR count). The predicted molar refractivity (Wildman–Crippen MR) is 184 cm³/mol. The van der Waals surface area contributed by atoms with Gasteiger partial charge in [0.15, 0.2) is 0 Å². The first-order valence-corrected chi connectivity index (χ1v) is 17.2. The molecule has 4 atom stereocenters. The molecule has 2 aromatic carbocycles. The number of ether oxygens (including phenoxy) is 2. The minimum absolute atomic E-state index is 0.00679. The molecule has 3 aromatic rings. The lowest BCUT2D eigenvalue weighted by Crippen LogP contribution is -2.51. The number of hydrogen-bond acceptors (Lipinski definition) is 6. The third-order valence-corrected chi connectivity index (χ3v) is 9.01. The van der Waals surface area contributed by atoms with Crippen LogP contribution in [0.3, 0.4) is 0 Å². The fourth-order valence-electron chi connectivity index (χ4n) is 6.59. The molecule has 0 aliphatic carbocycles. The highest BCUT2D eigenvalue weighted by Gasteiger charge is 2.43. The lowest BCUT2D eigenvalue weighted by molar-refractivity contribution is 0.0236. The number of azide groups is 1. The predicted octanol–water partition coefficient (Wildman–Crippen LogP) is 7.26. The second-order valence-electron chi connectivity index (χ2n) is 14.2. The Morgan fingerprint density at radius 2 is 1.88 bits per heavy atom. The van der Waals surface area contributed by atoms with Gasteiger partial charge in [-0.1, -0.05) is 35.4 Å². The number of likely N-dealkylation sites (tertiary alicyclic amines) is 1. The van der Waals surface area contributed by atoms with Crippen LogP contribution in [0.5, 0.6) is 0 Å². The Balaban J connectivity index is 1.61. The van der Waals surface area contributed by atoms with Crippen LogP contribution in [-0.2, 0) is 16.0 Å². The number of aromatic nitrogens is 2. The van der Waals surface area contributed by atoms with Crippen molar-refractivity contribution in [2.75, 3.05) is 39.4 Å². The summed E-state index contributed by atoms with van der Waals surface area (Å²) in [5.41, 5.74) is 9.14. The van der Waals surface area contributed by atoms with Crippen molar-refractivity contribution in [2.45, 2.75) is 70.9 Å². The van der Waals surface area contributed by atoms with Gasteiger partial charge in [-0.25, -0.2) is 27.7 Å². The number of benzene rings is 2. The van der Waals surface area contributed by atoms with Crippen molar-refractivity contribution in [3.8, 4) is 11.3 Å². The molecule has 3 amide bonds. The Labute approximate surface area is 295 Å². The molecule has 2 aliphatic rings. The summed E-state index contributed by atoms with van der Waals surface area (Å²) in [7, 11) is 0. The van der Waals surface area contributed by atoms with Gasteiger partial charge >= 0.3 is 12.1 Å². The average Bonchev–Trinajstić information content (AvgIpc) is 3.67. The number of amides is 3. The normalized spacial score (nSPS) is 19.2. The Bertz CT molecular complexity index is 1710. The molecular weight excluding hydrogens is 665 g/mol. The summed E-state index contributed by atoms with van der Waals surface area (Å²) in [5, 5.41) is 6.49. The van der Waals surface area contributed by atoms with Crippen molar-refractivity contribution >= 4 is 12.1 Å². The van der Waals surface area contributed by atoms with E-state index in [0.717, 1.165) is 23.8 Å². The highest BCUT2D eigenvalue weighted by atomic mass is 19.1. The number of hydrogen-bond donors (Lipinski definition) is 1. The van der Waals surface area contributed by atoms with E-state index in [9.17, 15) is 14.0 Å². The number of halogens is 3. The Morgan fingerprint density at radius 3 is 2.57 bits per heavy atom. The van der Waals surface area contributed by atoms with E-state index in [0.29, 0.717) is 38.4 Å². The van der Waals surface area contributed by atoms with Gasteiger partial charge in [-0.15, -0.1) is 0 Å². The summed E-state index contributed by atoms with van der Waals surface area (Å²) in [4.78, 5) is 37.9. The molecule has 1 N–H and O–H groups in total. The molecule has 0 radical (unpaired) electrons. The molecule has 15 heteroatoms. The molecular formula is C36H45F3N8O4. The second kappa shape index (κ2) is 16.5. The van der Waals surface area contributed by atoms with Gasteiger partial charge < -0.3 is 29.2 Å². The van der Waals surface area contributed by atoms with E-state index < -0.39 is 53.5 Å². The third-order valence-electron chi connectivity index (χ3n) is 9.01. The number of nitrogens with one attached hydrogen (secondary N) is 1. The van der Waals surface area contributed by atoms with E-state index in [4.69, 9.17) is 20.0 Å². The summed E-state index contributed by atoms with van der Waals surface area (Å²) in [6, 6.07) is 10.8. The van der Waals surface area contributed by atoms with Crippen LogP contribution in [0.1, 0.15) is 58.0 Å². The number of carbonyl (C=O) groups is 2. The Kier molecular flexibility index (Phi) is 12.1. The molecule has 51 heavy (non-hydrogen) atoms. The van der Waals surface area contributed by atoms with Gasteiger partial charge in [0.05, 0.1) is 18.3 Å². The standard InChI is InChI=1S/C36H45F3N8O4/c1-23(17-41-44-40)42-34(48)47(20-26-19-46(21-30(26)39)35(49)51-36(2,3)4)32(25-12-14-50-15-13-25)33-43-31(28-16-27(37)10-11-29(28)38)22-45(33)18-24-8-6-5-7-9-24/h5-11,16,22-23,25-26,30,32H,12-15,17-21H2,1-4H3,(H,42,48)/t23?,26-,30-,32+/m0/s1. The van der Waals surface area contributed by atoms with Crippen LogP contribution >= 0.6 is 0 Å². The van der Waals surface area contributed by atoms with Crippen molar-refractivity contribution in [1.82, 2.24) is 24.7 Å². The van der Waals surface area contributed by atoms with Gasteiger partial charge in [-0.3, -0.25) is 0 Å². The zero-order valence-electron chi connectivity index (χ0n) is 29.3. The fraction of sp³-hybridized carbons (Fsp3) is 0.528. The van der Waals surface area contributed by atoms with E-state index in [1.165, 1.54) is 9.80 Å². The first kappa shape index (κ1) is 37.5. The summed E-state index contributed by atoms with van der Waals surface area (Å²) in [6.45, 7) is 7.68. The van der Waals surface area contributed by atoms with Crippen LogP contribution in [0.2, 0.25) is 0 Å². The molecule has 12 nitrogen and oxygen atoms in total. The van der Waals surface area contributed by atoms with Crippen LogP contribution in [0.25, 0.3) is 21.7 Å². The summed E-state index contributed by atoms with van der Waals surface area (Å²) in [5.74, 6) is -1.90. The van der Waals surface area contributed by atoms with Crippen LogP contribution in [0, 0.1) is 23.5 Å². The summed E-state index contributed by atoms with van der Waals surface area (Å²) in [6.07, 6.45) is 0.610. The van der Waals surface area contributed by atoms with Gasteiger partial charge in [-0.05, 0) is 75.7 Å². The van der Waals surface area contributed by atoms with Crippen molar-refractivity contribution in [3.05, 3.63) is 88.2 Å². The topological polar surface area (TPSA) is 138 Å². The lowest BCUT2D eigenvalue weighted by atomic mass is 9.89. The number of nitrogens with zero attached hydrogens (tertiary/aromatic N) is 7. The van der Waals surface area contributed by atoms with Gasteiger partial charge in [0.2, 0.25) is 0 Å². The van der Waals surface area contributed by atoms with Crippen LogP contribution in [0.4, 0.5) is 22.8 Å². The van der Waals surface area contributed by atoms with E-state index in [2.05, 4.69) is 15.3 Å². The van der Waals surface area contributed by atoms with E-state index >= 15 is 8.78 Å². The molecule has 1 aromatic heterocycles. The van der Waals surface area contributed by atoms with Crippen LogP contribution < -0.4 is 5.32 Å². The third kappa shape index (κ3) is 9.73. The highest BCUT2D eigenvalue weighted by molar-refractivity contribution is 5.75. The minimum atomic E-state index is -1.47. The van der Waals surface area contributed by atoms with Gasteiger partial charge in [0.1, 0.15) is 29.2 Å². The monoisotopic (exact) mass is 710 g/mol. The van der Waals surface area contributed by atoms with Gasteiger partial charge in [0, 0.05) is 68.0 Å². The largest absolute Gasteiger partial charge is 0.444 e. The molecule has 0 saturated carbocycles. The number of imidazole rings is 1. The van der Waals surface area contributed by atoms with Crippen molar-refractivity contribution in [3.63, 3.8) is 0 Å². The van der Waals surface area contributed by atoms with E-state index in [1.807, 2.05) is 34.9 Å². The quantitative estimate of drug-likeness (QED) is 0.127. The van der Waals surface area contributed by atoms with Crippen molar-refractivity contribution < 1.29 is 32.2 Å². The fourth-order valence-corrected chi connectivity index (χ4v) is 6.59. The molecule has 2 fully saturated rings. The van der Waals surface area contributed by atoms with E-state index in [-0.39, 0.29) is 43.4 Å². The summed E-state index contributed by atoms with van der Waals surface area (Å²) >= 11 is 0. The molecule has 3 heterocycles. The highest BCUT2D eigenvalue weighted by Crippen LogP contribution is 2.38. The maximum absolute atomic E-state index is 15.9. The lowest BCUT2D eigenvalue weighted by Gasteiger charge is -2.40. The zero-order valence-corrected chi connectivity index (χ0v) is 29.3. The second-order valence-corrected chi connectivity index (χ2v) is 14.2. The smallest absolute Gasteiger partial charge is 0.410 e. The molecule has 0 spiro atoms. The number of alkyl halides is 1. The molecule has 2 saturated heterocycles. The van der Waals surface area contributed by atoms with Crippen LogP contribution in [0.15, 0.2) is 59.8 Å². The van der Waals surface area contributed by atoms with Gasteiger partial charge in [0.25, 0.3) is 0 Å². The Hall–Kier alpha value is -4.75.